The van der Waals surface area contributed by atoms with E-state index in [4.69, 9.17) is 5.84 Å². The Hall–Kier alpha value is -1.78. The molecule has 2 nitrogen and oxygen atoms in total. The standard InChI is InChI=1S/C14H14F2N2/c1-9-6-7-10(8-13(9)16)14(18-17)11-4-2-3-5-12(11)15/h2-8,14,18H,17H2,1H3. The fourth-order valence-corrected chi connectivity index (χ4v) is 1.86. The van der Waals surface area contributed by atoms with Crippen LogP contribution in [0, 0.1) is 18.6 Å². The van der Waals surface area contributed by atoms with Gasteiger partial charge in [0.25, 0.3) is 0 Å². The van der Waals surface area contributed by atoms with E-state index in [0.717, 1.165) is 0 Å². The zero-order valence-electron chi connectivity index (χ0n) is 9.95. The largest absolute Gasteiger partial charge is 0.271 e. The number of nitrogens with one attached hydrogen (secondary N) is 1. The summed E-state index contributed by atoms with van der Waals surface area (Å²) in [6.07, 6.45) is 0. The Bertz CT molecular complexity index is 555. The lowest BCUT2D eigenvalue weighted by atomic mass is 9.98. The van der Waals surface area contributed by atoms with Crippen LogP contribution in [0.5, 0.6) is 0 Å². The lowest BCUT2D eigenvalue weighted by molar-refractivity contribution is 0.555. The predicted octanol–water partition coefficient (Wildman–Crippen LogP) is 2.83. The van der Waals surface area contributed by atoms with Crippen LogP contribution in [0.15, 0.2) is 42.5 Å². The Morgan fingerprint density at radius 3 is 2.39 bits per heavy atom. The van der Waals surface area contributed by atoms with Gasteiger partial charge in [-0.05, 0) is 30.2 Å². The van der Waals surface area contributed by atoms with Gasteiger partial charge >= 0.3 is 0 Å². The summed E-state index contributed by atoms with van der Waals surface area (Å²) in [6, 6.07) is 10.5. The van der Waals surface area contributed by atoms with E-state index in [0.29, 0.717) is 16.7 Å². The van der Waals surface area contributed by atoms with Gasteiger partial charge in [0.1, 0.15) is 11.6 Å². The summed E-state index contributed by atoms with van der Waals surface area (Å²) < 4.78 is 27.2. The van der Waals surface area contributed by atoms with E-state index >= 15 is 0 Å². The van der Waals surface area contributed by atoms with Crippen molar-refractivity contribution in [3.8, 4) is 0 Å². The van der Waals surface area contributed by atoms with Gasteiger partial charge in [-0.2, -0.15) is 0 Å². The predicted molar refractivity (Wildman–Crippen MR) is 66.7 cm³/mol. The van der Waals surface area contributed by atoms with Crippen LogP contribution in [-0.2, 0) is 0 Å². The Kier molecular flexibility index (Phi) is 3.69. The molecular weight excluding hydrogens is 234 g/mol. The molecule has 0 aromatic heterocycles. The van der Waals surface area contributed by atoms with Crippen molar-refractivity contribution in [2.45, 2.75) is 13.0 Å². The molecule has 2 aromatic rings. The molecule has 0 aliphatic heterocycles. The highest BCUT2D eigenvalue weighted by atomic mass is 19.1. The van der Waals surface area contributed by atoms with Crippen LogP contribution in [0.25, 0.3) is 0 Å². The van der Waals surface area contributed by atoms with Crippen molar-refractivity contribution in [3.63, 3.8) is 0 Å². The van der Waals surface area contributed by atoms with E-state index in [-0.39, 0.29) is 11.6 Å². The van der Waals surface area contributed by atoms with Crippen LogP contribution in [-0.4, -0.2) is 0 Å². The van der Waals surface area contributed by atoms with E-state index < -0.39 is 6.04 Å². The maximum absolute atomic E-state index is 13.7. The monoisotopic (exact) mass is 248 g/mol. The Balaban J connectivity index is 2.45. The summed E-state index contributed by atoms with van der Waals surface area (Å²) in [5.74, 6) is 4.75. The number of hydrazine groups is 1. The van der Waals surface area contributed by atoms with Crippen LogP contribution in [0.1, 0.15) is 22.7 Å². The van der Waals surface area contributed by atoms with Crippen molar-refractivity contribution < 1.29 is 8.78 Å². The summed E-state index contributed by atoms with van der Waals surface area (Å²) in [5.41, 5.74) is 4.04. The number of hydrogen-bond acceptors (Lipinski definition) is 2. The van der Waals surface area contributed by atoms with Gasteiger partial charge < -0.3 is 0 Å². The molecule has 0 saturated carbocycles. The van der Waals surface area contributed by atoms with Gasteiger partial charge in [-0.25, -0.2) is 14.2 Å². The lowest BCUT2D eigenvalue weighted by Crippen LogP contribution is -2.29. The van der Waals surface area contributed by atoms with E-state index in [1.54, 1.807) is 37.3 Å². The van der Waals surface area contributed by atoms with Crippen LogP contribution in [0.3, 0.4) is 0 Å². The normalized spacial score (nSPS) is 12.4. The molecule has 94 valence electrons. The second kappa shape index (κ2) is 5.25. The highest BCUT2D eigenvalue weighted by molar-refractivity contribution is 5.34. The number of aryl methyl sites for hydroxylation is 1. The molecule has 1 atom stereocenters. The number of rotatable bonds is 3. The second-order valence-electron chi connectivity index (χ2n) is 4.13. The first-order valence-electron chi connectivity index (χ1n) is 5.60. The molecule has 0 fully saturated rings. The molecule has 1 unspecified atom stereocenters. The van der Waals surface area contributed by atoms with Crippen LogP contribution in [0.4, 0.5) is 8.78 Å². The summed E-state index contributed by atoms with van der Waals surface area (Å²) in [6.45, 7) is 1.67. The first-order valence-corrected chi connectivity index (χ1v) is 5.60. The van der Waals surface area contributed by atoms with Gasteiger partial charge in [0.05, 0.1) is 6.04 Å². The first kappa shape index (κ1) is 12.7. The van der Waals surface area contributed by atoms with E-state index in [1.165, 1.54) is 12.1 Å². The fraction of sp³-hybridized carbons (Fsp3) is 0.143. The van der Waals surface area contributed by atoms with Crippen LogP contribution < -0.4 is 11.3 Å². The quantitative estimate of drug-likeness (QED) is 0.647. The molecule has 2 aromatic carbocycles. The van der Waals surface area contributed by atoms with Gasteiger partial charge in [0, 0.05) is 5.56 Å². The zero-order valence-corrected chi connectivity index (χ0v) is 9.95. The average molecular weight is 248 g/mol. The van der Waals surface area contributed by atoms with Crippen molar-refractivity contribution in [3.05, 3.63) is 70.8 Å². The summed E-state index contributed by atoms with van der Waals surface area (Å²) in [7, 11) is 0. The van der Waals surface area contributed by atoms with E-state index in [1.807, 2.05) is 0 Å². The third-order valence-corrected chi connectivity index (χ3v) is 2.91. The highest BCUT2D eigenvalue weighted by Crippen LogP contribution is 2.24. The zero-order chi connectivity index (χ0) is 13.1. The van der Waals surface area contributed by atoms with Gasteiger partial charge in [-0.3, -0.25) is 5.84 Å². The molecule has 4 heteroatoms. The van der Waals surface area contributed by atoms with Crippen molar-refractivity contribution in [2.75, 3.05) is 0 Å². The molecule has 0 aliphatic rings. The minimum atomic E-state index is -0.568. The molecule has 0 amide bonds. The molecule has 0 radical (unpaired) electrons. The maximum Gasteiger partial charge on any atom is 0.128 e. The fourth-order valence-electron chi connectivity index (χ4n) is 1.86. The van der Waals surface area contributed by atoms with E-state index in [2.05, 4.69) is 5.43 Å². The molecular formula is C14H14F2N2. The average Bonchev–Trinajstić information content (AvgIpc) is 2.37. The SMILES string of the molecule is Cc1ccc(C(NN)c2ccccc2F)cc1F. The molecule has 0 saturated heterocycles. The number of hydrogen-bond donors (Lipinski definition) is 2. The minimum Gasteiger partial charge on any atom is -0.271 e. The van der Waals surface area contributed by atoms with Crippen LogP contribution in [0.2, 0.25) is 0 Å². The molecule has 0 aliphatic carbocycles. The highest BCUT2D eigenvalue weighted by Gasteiger charge is 2.16. The third kappa shape index (κ3) is 2.39. The first-order chi connectivity index (χ1) is 8.63. The molecule has 18 heavy (non-hydrogen) atoms. The van der Waals surface area contributed by atoms with Gasteiger partial charge in [0.15, 0.2) is 0 Å². The van der Waals surface area contributed by atoms with Crippen molar-refractivity contribution in [1.82, 2.24) is 5.43 Å². The van der Waals surface area contributed by atoms with Gasteiger partial charge in [-0.15, -0.1) is 0 Å². The molecule has 0 spiro atoms. The third-order valence-electron chi connectivity index (χ3n) is 2.91. The molecule has 2 rings (SSSR count). The number of halogens is 2. The van der Waals surface area contributed by atoms with Crippen molar-refractivity contribution >= 4 is 0 Å². The van der Waals surface area contributed by atoms with Gasteiger partial charge in [0.2, 0.25) is 0 Å². The van der Waals surface area contributed by atoms with Crippen molar-refractivity contribution in [1.29, 1.82) is 0 Å². The number of benzene rings is 2. The Morgan fingerprint density at radius 2 is 1.78 bits per heavy atom. The number of nitrogens with two attached hydrogens (primary N) is 1. The Morgan fingerprint density at radius 1 is 1.06 bits per heavy atom. The van der Waals surface area contributed by atoms with Crippen LogP contribution >= 0.6 is 0 Å². The smallest absolute Gasteiger partial charge is 0.128 e. The molecule has 0 bridgehead atoms. The Labute approximate surface area is 104 Å². The molecule has 0 heterocycles. The van der Waals surface area contributed by atoms with Gasteiger partial charge in [-0.1, -0.05) is 30.3 Å². The summed E-state index contributed by atoms with van der Waals surface area (Å²) in [5, 5.41) is 0. The molecule has 3 N–H and O–H groups in total. The summed E-state index contributed by atoms with van der Waals surface area (Å²) in [4.78, 5) is 0. The van der Waals surface area contributed by atoms with Crippen molar-refractivity contribution in [2.24, 2.45) is 5.84 Å². The lowest BCUT2D eigenvalue weighted by Gasteiger charge is -2.18. The minimum absolute atomic E-state index is 0.330. The van der Waals surface area contributed by atoms with E-state index in [9.17, 15) is 8.78 Å². The second-order valence-corrected chi connectivity index (χ2v) is 4.13. The maximum atomic E-state index is 13.7. The summed E-state index contributed by atoms with van der Waals surface area (Å²) >= 11 is 0. The topological polar surface area (TPSA) is 38.0 Å².